The summed E-state index contributed by atoms with van der Waals surface area (Å²) in [5, 5.41) is 17.8. The van der Waals surface area contributed by atoms with E-state index in [0.29, 0.717) is 13.2 Å². The molecule has 0 aromatic rings. The van der Waals surface area contributed by atoms with Gasteiger partial charge in [0.2, 0.25) is 0 Å². The van der Waals surface area contributed by atoms with Crippen LogP contribution in [-0.4, -0.2) is 24.8 Å². The van der Waals surface area contributed by atoms with Gasteiger partial charge >= 0.3 is 0 Å². The smallest absolute Gasteiger partial charge is 0.152 e. The van der Waals surface area contributed by atoms with Crippen LogP contribution in [0.5, 0.6) is 0 Å². The molecule has 0 saturated heterocycles. The molecule has 0 atom stereocenters. The van der Waals surface area contributed by atoms with Gasteiger partial charge in [-0.05, 0) is 19.1 Å². The Morgan fingerprint density at radius 2 is 2.00 bits per heavy atom. The van der Waals surface area contributed by atoms with E-state index < -0.39 is 0 Å². The number of nitrogens with zero attached hydrogens (tertiary/aromatic N) is 6. The topological polar surface area (TPSA) is 74.2 Å². The largest absolute Gasteiger partial charge is 0.243 e. The Balaban J connectivity index is 0.000000120. The minimum atomic E-state index is 0.534. The Bertz CT molecular complexity index is 258. The van der Waals surface area contributed by atoms with E-state index >= 15 is 0 Å². The summed E-state index contributed by atoms with van der Waals surface area (Å²) < 4.78 is 0. The highest BCUT2D eigenvalue weighted by atomic mass is 15.4. The van der Waals surface area contributed by atoms with E-state index in [1.54, 1.807) is 0 Å². The van der Waals surface area contributed by atoms with Gasteiger partial charge in [0, 0.05) is 0 Å². The summed E-state index contributed by atoms with van der Waals surface area (Å²) >= 11 is 0. The van der Waals surface area contributed by atoms with Crippen molar-refractivity contribution in [3.8, 4) is 0 Å². The maximum Gasteiger partial charge on any atom is 0.152 e. The zero-order chi connectivity index (χ0) is 8.81. The SMILES string of the molecule is CC1=NCN=N1.CC1=NN=NC1. The van der Waals surface area contributed by atoms with Crippen LogP contribution in [0.2, 0.25) is 0 Å². The monoisotopic (exact) mass is 166 g/mol. The molecule has 6 nitrogen and oxygen atoms in total. The number of hydrogen-bond donors (Lipinski definition) is 0. The molecule has 0 aromatic heterocycles. The van der Waals surface area contributed by atoms with Gasteiger partial charge in [0.1, 0.15) is 12.4 Å². The average molecular weight is 166 g/mol. The van der Waals surface area contributed by atoms with Crippen LogP contribution in [0.15, 0.2) is 30.7 Å². The van der Waals surface area contributed by atoms with Gasteiger partial charge in [-0.15, -0.1) is 10.2 Å². The summed E-state index contributed by atoms with van der Waals surface area (Å²) in [5.41, 5.74) is 0.995. The van der Waals surface area contributed by atoms with Gasteiger partial charge in [0.15, 0.2) is 6.67 Å². The van der Waals surface area contributed by atoms with E-state index in [-0.39, 0.29) is 0 Å². The number of amidine groups is 1. The highest BCUT2D eigenvalue weighted by molar-refractivity contribution is 5.84. The van der Waals surface area contributed by atoms with E-state index in [1.807, 2.05) is 13.8 Å². The first-order valence-corrected chi connectivity index (χ1v) is 3.57. The molecule has 6 heteroatoms. The second-order valence-corrected chi connectivity index (χ2v) is 2.31. The van der Waals surface area contributed by atoms with Crippen molar-refractivity contribution in [1.29, 1.82) is 0 Å². The van der Waals surface area contributed by atoms with Gasteiger partial charge in [0.05, 0.1) is 5.71 Å². The molecular formula is C6H10N6. The first kappa shape index (κ1) is 8.63. The van der Waals surface area contributed by atoms with E-state index in [2.05, 4.69) is 30.7 Å². The third-order valence-electron chi connectivity index (χ3n) is 1.16. The lowest BCUT2D eigenvalue weighted by atomic mass is 10.4. The molecule has 0 bridgehead atoms. The molecule has 2 aliphatic heterocycles. The molecule has 0 N–H and O–H groups in total. The van der Waals surface area contributed by atoms with Crippen molar-refractivity contribution in [2.45, 2.75) is 13.8 Å². The van der Waals surface area contributed by atoms with Crippen LogP contribution >= 0.6 is 0 Å². The number of hydrogen-bond acceptors (Lipinski definition) is 6. The predicted molar refractivity (Wildman–Crippen MR) is 45.7 cm³/mol. The Morgan fingerprint density at radius 1 is 1.17 bits per heavy atom. The molecule has 2 heterocycles. The van der Waals surface area contributed by atoms with Crippen molar-refractivity contribution in [3.63, 3.8) is 0 Å². The molecule has 0 saturated carbocycles. The standard InChI is InChI=1S/2C3H5N3/c1-3-4-2-5-6-3;1-3-2-4-6-5-3/h2*2H2,1H3. The lowest BCUT2D eigenvalue weighted by Gasteiger charge is -1.71. The van der Waals surface area contributed by atoms with E-state index in [9.17, 15) is 0 Å². The molecule has 0 unspecified atom stereocenters. The normalized spacial score (nSPS) is 18.5. The lowest BCUT2D eigenvalue weighted by Crippen LogP contribution is -1.87. The molecule has 2 rings (SSSR count). The predicted octanol–water partition coefficient (Wildman–Crippen LogP) is 1.66. The van der Waals surface area contributed by atoms with Crippen molar-refractivity contribution in [3.05, 3.63) is 0 Å². The minimum Gasteiger partial charge on any atom is -0.243 e. The fourth-order valence-electron chi connectivity index (χ4n) is 0.573. The first-order chi connectivity index (χ1) is 5.79. The number of azo groups is 1. The summed E-state index contributed by atoms with van der Waals surface area (Å²) in [7, 11) is 0. The summed E-state index contributed by atoms with van der Waals surface area (Å²) in [6, 6.07) is 0. The maximum absolute atomic E-state index is 3.82. The van der Waals surface area contributed by atoms with Gasteiger partial charge in [-0.1, -0.05) is 0 Å². The first-order valence-electron chi connectivity index (χ1n) is 3.57. The Labute approximate surface area is 70.2 Å². The molecule has 0 spiro atoms. The van der Waals surface area contributed by atoms with Gasteiger partial charge in [-0.3, -0.25) is 0 Å². The van der Waals surface area contributed by atoms with Crippen molar-refractivity contribution < 1.29 is 0 Å². The number of aliphatic imine (C=N–C) groups is 1. The van der Waals surface area contributed by atoms with Crippen LogP contribution in [-0.2, 0) is 0 Å². The summed E-state index contributed by atoms with van der Waals surface area (Å²) in [6.45, 7) is 4.96. The maximum atomic E-state index is 3.82. The second kappa shape index (κ2) is 4.42. The second-order valence-electron chi connectivity index (χ2n) is 2.31. The summed E-state index contributed by atoms with van der Waals surface area (Å²) in [5.74, 6) is 0.787. The zero-order valence-corrected chi connectivity index (χ0v) is 7.10. The van der Waals surface area contributed by atoms with Crippen LogP contribution in [0.4, 0.5) is 0 Å². The van der Waals surface area contributed by atoms with Gasteiger partial charge < -0.3 is 0 Å². The van der Waals surface area contributed by atoms with E-state index in [4.69, 9.17) is 0 Å². The Morgan fingerprint density at radius 3 is 2.17 bits per heavy atom. The van der Waals surface area contributed by atoms with Gasteiger partial charge in [-0.25, -0.2) is 4.99 Å². The van der Waals surface area contributed by atoms with E-state index in [1.165, 1.54) is 0 Å². The molecule has 12 heavy (non-hydrogen) atoms. The van der Waals surface area contributed by atoms with Crippen molar-refractivity contribution in [2.24, 2.45) is 30.7 Å². The van der Waals surface area contributed by atoms with E-state index in [0.717, 1.165) is 11.5 Å². The molecule has 0 fully saturated rings. The third kappa shape index (κ3) is 3.09. The average Bonchev–Trinajstić information content (AvgIpc) is 2.63. The molecular weight excluding hydrogens is 156 g/mol. The number of rotatable bonds is 0. The molecule has 0 aliphatic carbocycles. The zero-order valence-electron chi connectivity index (χ0n) is 7.10. The van der Waals surface area contributed by atoms with Crippen molar-refractivity contribution >= 4 is 11.5 Å². The summed E-state index contributed by atoms with van der Waals surface area (Å²) in [6.07, 6.45) is 0. The lowest BCUT2D eigenvalue weighted by molar-refractivity contribution is 1.05. The molecule has 64 valence electrons. The Kier molecular flexibility index (Phi) is 3.18. The van der Waals surface area contributed by atoms with Crippen LogP contribution in [0, 0.1) is 0 Å². The fourth-order valence-corrected chi connectivity index (χ4v) is 0.573. The molecule has 0 radical (unpaired) electrons. The molecule has 0 amide bonds. The fraction of sp³-hybridized carbons (Fsp3) is 0.667. The van der Waals surface area contributed by atoms with Crippen LogP contribution < -0.4 is 0 Å². The minimum absolute atomic E-state index is 0.534. The van der Waals surface area contributed by atoms with Crippen molar-refractivity contribution in [2.75, 3.05) is 13.2 Å². The van der Waals surface area contributed by atoms with Crippen LogP contribution in [0.3, 0.4) is 0 Å². The molecule has 2 aliphatic rings. The highest BCUT2D eigenvalue weighted by Gasteiger charge is 1.91. The molecule has 0 aromatic carbocycles. The van der Waals surface area contributed by atoms with Crippen LogP contribution in [0.1, 0.15) is 13.8 Å². The van der Waals surface area contributed by atoms with Crippen molar-refractivity contribution in [1.82, 2.24) is 0 Å². The van der Waals surface area contributed by atoms with Gasteiger partial charge in [0.25, 0.3) is 0 Å². The highest BCUT2D eigenvalue weighted by Crippen LogP contribution is 1.90. The van der Waals surface area contributed by atoms with Crippen LogP contribution in [0.25, 0.3) is 0 Å². The quantitative estimate of drug-likeness (QED) is 0.524. The Hall–Kier alpha value is -1.46. The summed E-state index contributed by atoms with van der Waals surface area (Å²) in [4.78, 5) is 3.82. The van der Waals surface area contributed by atoms with Gasteiger partial charge in [-0.2, -0.15) is 10.2 Å². The third-order valence-corrected chi connectivity index (χ3v) is 1.16.